The maximum atomic E-state index is 10.3. The van der Waals surface area contributed by atoms with Gasteiger partial charge in [-0.15, -0.1) is 10.2 Å². The van der Waals surface area contributed by atoms with E-state index in [1.54, 1.807) is 12.1 Å². The van der Waals surface area contributed by atoms with Crippen molar-refractivity contribution in [2.45, 2.75) is 38.6 Å². The number of benzene rings is 1. The Labute approximate surface area is 242 Å². The van der Waals surface area contributed by atoms with E-state index in [-0.39, 0.29) is 5.75 Å². The van der Waals surface area contributed by atoms with Crippen LogP contribution in [0.25, 0.3) is 11.3 Å². The summed E-state index contributed by atoms with van der Waals surface area (Å²) < 4.78 is 5.54. The van der Waals surface area contributed by atoms with Crippen LogP contribution in [0.15, 0.2) is 48.7 Å². The van der Waals surface area contributed by atoms with Gasteiger partial charge in [0.15, 0.2) is 5.82 Å². The number of likely N-dealkylation sites (tertiary alicyclic amines) is 1. The van der Waals surface area contributed by atoms with Gasteiger partial charge >= 0.3 is 0 Å². The Morgan fingerprint density at radius 1 is 1.15 bits per heavy atom. The molecule has 3 aliphatic heterocycles. The standard InChI is InChI=1S/C32H39N7O2/c1-2-38(29-20-28(35-36-31(29)33)27-9-3-4-10-30(27)40)21-26-8-6-16-39(26)25-11-14-34-24(19-25)7-5-15-37-22-32(23-37)12-17-41-18-13-32/h3-4,9-11,14,19-20,26,40H,2,6,8,12-13,15-18,21-23H2,1H3,(H2,33,36). The van der Waals surface area contributed by atoms with Gasteiger partial charge in [0.2, 0.25) is 0 Å². The van der Waals surface area contributed by atoms with Crippen LogP contribution in [0.4, 0.5) is 17.2 Å². The second kappa shape index (κ2) is 11.9. The number of para-hydroxylation sites is 1. The summed E-state index contributed by atoms with van der Waals surface area (Å²) in [5.41, 5.74) is 10.8. The summed E-state index contributed by atoms with van der Waals surface area (Å²) in [5, 5.41) is 18.8. The third-order valence-corrected chi connectivity index (χ3v) is 8.78. The molecule has 1 aromatic carbocycles. The molecule has 3 N–H and O–H groups in total. The molecule has 6 rings (SSSR count). The molecular weight excluding hydrogens is 514 g/mol. The van der Waals surface area contributed by atoms with E-state index in [0.717, 1.165) is 82.4 Å². The lowest BCUT2D eigenvalue weighted by Gasteiger charge is -2.51. The van der Waals surface area contributed by atoms with Crippen LogP contribution in [-0.4, -0.2) is 83.7 Å². The highest BCUT2D eigenvalue weighted by Gasteiger charge is 2.43. The van der Waals surface area contributed by atoms with Gasteiger partial charge in [-0.05, 0) is 68.9 Å². The van der Waals surface area contributed by atoms with Crippen LogP contribution >= 0.6 is 0 Å². The van der Waals surface area contributed by atoms with Crippen molar-refractivity contribution < 1.29 is 9.84 Å². The SMILES string of the molecule is CCN(CC1CCCN1c1ccnc(C#CCN2CC3(CCOCC3)C2)c1)c1cc(-c2ccccc2O)nnc1N. The van der Waals surface area contributed by atoms with Crippen molar-refractivity contribution in [1.29, 1.82) is 0 Å². The molecule has 3 saturated heterocycles. The third-order valence-electron chi connectivity index (χ3n) is 8.78. The summed E-state index contributed by atoms with van der Waals surface area (Å²) in [7, 11) is 0. The number of nitrogens with zero attached hydrogens (tertiary/aromatic N) is 6. The van der Waals surface area contributed by atoms with Gasteiger partial charge < -0.3 is 25.4 Å². The molecule has 0 bridgehead atoms. The summed E-state index contributed by atoms with van der Waals surface area (Å²) in [5.74, 6) is 7.23. The maximum Gasteiger partial charge on any atom is 0.169 e. The summed E-state index contributed by atoms with van der Waals surface area (Å²) in [6, 6.07) is 13.6. The normalized spacial score (nSPS) is 19.9. The molecular formula is C32H39N7O2. The van der Waals surface area contributed by atoms with Crippen molar-refractivity contribution in [3.05, 3.63) is 54.4 Å². The zero-order valence-corrected chi connectivity index (χ0v) is 23.8. The van der Waals surface area contributed by atoms with Gasteiger partial charge in [0.25, 0.3) is 0 Å². The Balaban J connectivity index is 1.12. The number of aromatic nitrogens is 3. The molecule has 1 spiro atoms. The molecule has 3 aromatic rings. The molecule has 1 unspecified atom stereocenters. The van der Waals surface area contributed by atoms with Crippen molar-refractivity contribution in [3.8, 4) is 28.8 Å². The Kier molecular flexibility index (Phi) is 7.95. The lowest BCUT2D eigenvalue weighted by molar-refractivity contribution is -0.0750. The Morgan fingerprint density at radius 3 is 2.78 bits per heavy atom. The predicted molar refractivity (Wildman–Crippen MR) is 162 cm³/mol. The average Bonchev–Trinajstić information content (AvgIpc) is 3.45. The topological polar surface area (TPSA) is 104 Å². The van der Waals surface area contributed by atoms with Crippen molar-refractivity contribution in [1.82, 2.24) is 20.1 Å². The van der Waals surface area contributed by atoms with E-state index < -0.39 is 0 Å². The number of pyridine rings is 1. The highest BCUT2D eigenvalue weighted by Crippen LogP contribution is 2.39. The van der Waals surface area contributed by atoms with Crippen LogP contribution in [0.1, 0.15) is 38.3 Å². The van der Waals surface area contributed by atoms with Crippen LogP contribution in [0.2, 0.25) is 0 Å². The zero-order chi connectivity index (χ0) is 28.2. The quantitative estimate of drug-likeness (QED) is 0.423. The fourth-order valence-electron chi connectivity index (χ4n) is 6.53. The molecule has 3 fully saturated rings. The predicted octanol–water partition coefficient (Wildman–Crippen LogP) is 3.79. The van der Waals surface area contributed by atoms with Gasteiger partial charge in [0, 0.05) is 74.8 Å². The summed E-state index contributed by atoms with van der Waals surface area (Å²) in [6.07, 6.45) is 6.44. The van der Waals surface area contributed by atoms with Crippen LogP contribution in [0.5, 0.6) is 5.75 Å². The first-order valence-electron chi connectivity index (χ1n) is 14.7. The van der Waals surface area contributed by atoms with Crippen LogP contribution in [-0.2, 0) is 4.74 Å². The minimum atomic E-state index is 0.173. The minimum Gasteiger partial charge on any atom is -0.507 e. The van der Waals surface area contributed by atoms with Gasteiger partial charge in [0.1, 0.15) is 11.4 Å². The van der Waals surface area contributed by atoms with Crippen LogP contribution in [0.3, 0.4) is 0 Å². The fraction of sp³-hybridized carbons (Fsp3) is 0.469. The molecule has 1 atom stereocenters. The van der Waals surface area contributed by atoms with E-state index in [4.69, 9.17) is 10.5 Å². The number of ether oxygens (including phenoxy) is 1. The molecule has 41 heavy (non-hydrogen) atoms. The van der Waals surface area contributed by atoms with E-state index >= 15 is 0 Å². The number of phenols is 1. The third kappa shape index (κ3) is 5.95. The van der Waals surface area contributed by atoms with Gasteiger partial charge in [0.05, 0.1) is 17.9 Å². The molecule has 2 aromatic heterocycles. The van der Waals surface area contributed by atoms with Gasteiger partial charge in [-0.2, -0.15) is 0 Å². The molecule has 0 radical (unpaired) electrons. The highest BCUT2D eigenvalue weighted by molar-refractivity contribution is 5.74. The number of hydrogen-bond acceptors (Lipinski definition) is 9. The number of phenolic OH excluding ortho intramolecular Hbond substituents is 1. The molecule has 0 saturated carbocycles. The Bertz CT molecular complexity index is 1420. The van der Waals surface area contributed by atoms with Crippen molar-refractivity contribution >= 4 is 17.2 Å². The monoisotopic (exact) mass is 553 g/mol. The first-order valence-corrected chi connectivity index (χ1v) is 14.7. The van der Waals surface area contributed by atoms with Crippen molar-refractivity contribution in [3.63, 3.8) is 0 Å². The molecule has 9 nitrogen and oxygen atoms in total. The number of nitrogen functional groups attached to an aromatic ring is 1. The molecule has 3 aliphatic rings. The molecule has 214 valence electrons. The second-order valence-electron chi connectivity index (χ2n) is 11.5. The van der Waals surface area contributed by atoms with Gasteiger partial charge in [-0.1, -0.05) is 18.1 Å². The van der Waals surface area contributed by atoms with Crippen LogP contribution < -0.4 is 15.5 Å². The Morgan fingerprint density at radius 2 is 1.98 bits per heavy atom. The number of likely N-dealkylation sites (N-methyl/N-ethyl adjacent to an activating group) is 1. The molecule has 0 aliphatic carbocycles. The minimum absolute atomic E-state index is 0.173. The maximum absolute atomic E-state index is 10.3. The second-order valence-corrected chi connectivity index (χ2v) is 11.5. The van der Waals surface area contributed by atoms with Crippen LogP contribution in [0, 0.1) is 17.3 Å². The van der Waals surface area contributed by atoms with E-state index in [0.29, 0.717) is 28.5 Å². The number of hydrogen-bond donors (Lipinski definition) is 2. The summed E-state index contributed by atoms with van der Waals surface area (Å²) in [6.45, 7) is 9.55. The van der Waals surface area contributed by atoms with E-state index in [1.807, 2.05) is 24.4 Å². The summed E-state index contributed by atoms with van der Waals surface area (Å²) in [4.78, 5) is 11.7. The fourth-order valence-corrected chi connectivity index (χ4v) is 6.53. The van der Waals surface area contributed by atoms with Crippen molar-refractivity contribution in [2.75, 3.05) is 68.0 Å². The highest BCUT2D eigenvalue weighted by atomic mass is 16.5. The number of nitrogens with two attached hydrogens (primary N) is 1. The lowest BCUT2D eigenvalue weighted by Crippen LogP contribution is -2.58. The largest absolute Gasteiger partial charge is 0.507 e. The van der Waals surface area contributed by atoms with Gasteiger partial charge in [-0.3, -0.25) is 4.90 Å². The number of aromatic hydroxyl groups is 1. The van der Waals surface area contributed by atoms with Crippen molar-refractivity contribution in [2.24, 2.45) is 5.41 Å². The lowest BCUT2D eigenvalue weighted by atomic mass is 9.73. The molecule has 0 amide bonds. The smallest absolute Gasteiger partial charge is 0.169 e. The Hall–Kier alpha value is -3.87. The van der Waals surface area contributed by atoms with E-state index in [2.05, 4.69) is 60.8 Å². The number of rotatable bonds is 7. The molecule has 9 heteroatoms. The van der Waals surface area contributed by atoms with E-state index in [9.17, 15) is 5.11 Å². The zero-order valence-electron chi connectivity index (χ0n) is 23.8. The number of anilines is 3. The average molecular weight is 554 g/mol. The first-order chi connectivity index (χ1) is 20.0. The summed E-state index contributed by atoms with van der Waals surface area (Å²) >= 11 is 0. The van der Waals surface area contributed by atoms with E-state index in [1.165, 1.54) is 12.8 Å². The van der Waals surface area contributed by atoms with Gasteiger partial charge in [-0.25, -0.2) is 4.98 Å². The first kappa shape index (κ1) is 27.3. The molecule has 5 heterocycles.